The summed E-state index contributed by atoms with van der Waals surface area (Å²) in [6, 6.07) is 4.92. The molecular weight excluding hydrogens is 290 g/mol. The second-order valence-electron chi connectivity index (χ2n) is 6.21. The summed E-state index contributed by atoms with van der Waals surface area (Å²) < 4.78 is 38.9. The van der Waals surface area contributed by atoms with Gasteiger partial charge in [0.1, 0.15) is 13.2 Å². The van der Waals surface area contributed by atoms with E-state index < -0.39 is 10.0 Å². The summed E-state index contributed by atoms with van der Waals surface area (Å²) >= 11 is 0. The number of sulfonamides is 1. The summed E-state index contributed by atoms with van der Waals surface area (Å²) in [6.45, 7) is 0.957. The van der Waals surface area contributed by atoms with Crippen molar-refractivity contribution in [3.05, 3.63) is 18.2 Å². The first-order valence-electron chi connectivity index (χ1n) is 7.54. The second kappa shape index (κ2) is 4.88. The summed E-state index contributed by atoms with van der Waals surface area (Å²) in [5.74, 6) is 2.35. The number of rotatable bonds is 3. The minimum Gasteiger partial charge on any atom is -0.486 e. The van der Waals surface area contributed by atoms with Gasteiger partial charge < -0.3 is 9.47 Å². The Morgan fingerprint density at radius 2 is 1.86 bits per heavy atom. The standard InChI is InChI=1S/C15H19NO4S/c17-21(18,16-13-8-10-1-2-11(13)7-10)12-3-4-14-15(9-12)20-6-5-19-14/h3-4,9-11,13,16H,1-2,5-8H2/t10-,11+,13+/m0/s1. The summed E-state index contributed by atoms with van der Waals surface area (Å²) in [7, 11) is -3.49. The molecule has 0 spiro atoms. The third-order valence-electron chi connectivity index (χ3n) is 4.87. The topological polar surface area (TPSA) is 64.6 Å². The van der Waals surface area contributed by atoms with Crippen LogP contribution in [0.4, 0.5) is 0 Å². The normalized spacial score (nSPS) is 30.6. The molecule has 2 fully saturated rings. The Bertz CT molecular complexity index is 658. The zero-order valence-electron chi connectivity index (χ0n) is 11.7. The molecule has 114 valence electrons. The fourth-order valence-corrected chi connectivity index (χ4v) is 5.18. The van der Waals surface area contributed by atoms with Crippen molar-refractivity contribution in [2.45, 2.75) is 36.6 Å². The minimum absolute atomic E-state index is 0.0990. The van der Waals surface area contributed by atoms with Crippen LogP contribution in [0.2, 0.25) is 0 Å². The third kappa shape index (κ3) is 2.40. The highest BCUT2D eigenvalue weighted by Gasteiger charge is 2.41. The average Bonchev–Trinajstić information content (AvgIpc) is 3.09. The van der Waals surface area contributed by atoms with Crippen LogP contribution in [0, 0.1) is 11.8 Å². The lowest BCUT2D eigenvalue weighted by Crippen LogP contribution is -2.38. The molecule has 1 aliphatic heterocycles. The predicted molar refractivity (Wildman–Crippen MR) is 77.0 cm³/mol. The van der Waals surface area contributed by atoms with Gasteiger partial charge in [-0.1, -0.05) is 6.42 Å². The molecule has 2 aliphatic carbocycles. The molecule has 0 amide bonds. The Hall–Kier alpha value is -1.27. The number of hydrogen-bond acceptors (Lipinski definition) is 4. The summed E-state index contributed by atoms with van der Waals surface area (Å²) in [5, 5.41) is 0. The Morgan fingerprint density at radius 3 is 2.57 bits per heavy atom. The summed E-state index contributed by atoms with van der Waals surface area (Å²) in [5.41, 5.74) is 0. The van der Waals surface area contributed by atoms with Crippen molar-refractivity contribution < 1.29 is 17.9 Å². The molecule has 1 heterocycles. The molecule has 2 bridgehead atoms. The van der Waals surface area contributed by atoms with Gasteiger partial charge >= 0.3 is 0 Å². The molecule has 4 rings (SSSR count). The second-order valence-corrected chi connectivity index (χ2v) is 7.92. The first kappa shape index (κ1) is 13.4. The van der Waals surface area contributed by atoms with E-state index in [1.807, 2.05) is 0 Å². The highest BCUT2D eigenvalue weighted by molar-refractivity contribution is 7.89. The lowest BCUT2D eigenvalue weighted by molar-refractivity contribution is 0.171. The van der Waals surface area contributed by atoms with Crippen LogP contribution in [0.3, 0.4) is 0 Å². The predicted octanol–water partition coefficient (Wildman–Crippen LogP) is 1.92. The zero-order chi connectivity index (χ0) is 14.4. The van der Waals surface area contributed by atoms with Crippen LogP contribution in [0.1, 0.15) is 25.7 Å². The number of benzene rings is 1. The van der Waals surface area contributed by atoms with E-state index in [4.69, 9.17) is 9.47 Å². The van der Waals surface area contributed by atoms with E-state index in [2.05, 4.69) is 4.72 Å². The van der Waals surface area contributed by atoms with Gasteiger partial charge in [0, 0.05) is 12.1 Å². The largest absolute Gasteiger partial charge is 0.486 e. The van der Waals surface area contributed by atoms with Gasteiger partial charge in [0.05, 0.1) is 4.90 Å². The van der Waals surface area contributed by atoms with Gasteiger partial charge in [0.15, 0.2) is 11.5 Å². The van der Waals surface area contributed by atoms with Crippen LogP contribution in [0.5, 0.6) is 11.5 Å². The fourth-order valence-electron chi connectivity index (χ4n) is 3.85. The SMILES string of the molecule is O=S(=O)(N[C@@H]1C[C@H]2CC[C@@H]1C2)c1ccc2c(c1)OCCO2. The van der Waals surface area contributed by atoms with E-state index in [0.717, 1.165) is 12.8 Å². The molecule has 0 unspecified atom stereocenters. The monoisotopic (exact) mass is 309 g/mol. The molecule has 21 heavy (non-hydrogen) atoms. The van der Waals surface area contributed by atoms with Gasteiger partial charge in [-0.3, -0.25) is 0 Å². The molecule has 5 nitrogen and oxygen atoms in total. The van der Waals surface area contributed by atoms with Crippen molar-refractivity contribution in [3.8, 4) is 11.5 Å². The van der Waals surface area contributed by atoms with Crippen molar-refractivity contribution >= 4 is 10.0 Å². The maximum atomic E-state index is 12.5. The maximum absolute atomic E-state index is 12.5. The lowest BCUT2D eigenvalue weighted by Gasteiger charge is -2.23. The van der Waals surface area contributed by atoms with Crippen LogP contribution in [-0.2, 0) is 10.0 Å². The van der Waals surface area contributed by atoms with Gasteiger partial charge in [-0.15, -0.1) is 0 Å². The molecule has 6 heteroatoms. The summed E-state index contributed by atoms with van der Waals surface area (Å²) in [6.07, 6.45) is 4.56. The Labute approximate surface area is 124 Å². The van der Waals surface area contributed by atoms with Gasteiger partial charge in [0.2, 0.25) is 10.0 Å². The maximum Gasteiger partial charge on any atom is 0.240 e. The highest BCUT2D eigenvalue weighted by atomic mass is 32.2. The van der Waals surface area contributed by atoms with Crippen LogP contribution in [0.25, 0.3) is 0 Å². The highest BCUT2D eigenvalue weighted by Crippen LogP contribution is 2.45. The molecule has 2 saturated carbocycles. The fraction of sp³-hybridized carbons (Fsp3) is 0.600. The lowest BCUT2D eigenvalue weighted by atomic mass is 9.96. The molecule has 1 aromatic carbocycles. The first-order chi connectivity index (χ1) is 10.1. The van der Waals surface area contributed by atoms with Crippen LogP contribution in [0.15, 0.2) is 23.1 Å². The van der Waals surface area contributed by atoms with E-state index in [0.29, 0.717) is 36.5 Å². The van der Waals surface area contributed by atoms with E-state index in [9.17, 15) is 8.42 Å². The molecule has 0 saturated heterocycles. The van der Waals surface area contributed by atoms with Gasteiger partial charge in [-0.2, -0.15) is 0 Å². The van der Waals surface area contributed by atoms with Crippen LogP contribution >= 0.6 is 0 Å². The van der Waals surface area contributed by atoms with Crippen molar-refractivity contribution in [2.75, 3.05) is 13.2 Å². The Kier molecular flexibility index (Phi) is 3.11. The van der Waals surface area contributed by atoms with E-state index in [-0.39, 0.29) is 10.9 Å². The van der Waals surface area contributed by atoms with Crippen LogP contribution in [-0.4, -0.2) is 27.7 Å². The van der Waals surface area contributed by atoms with Gasteiger partial charge in [0.25, 0.3) is 0 Å². The quantitative estimate of drug-likeness (QED) is 0.926. The Balaban J connectivity index is 1.57. The minimum atomic E-state index is -3.49. The van der Waals surface area contributed by atoms with Gasteiger partial charge in [-0.25, -0.2) is 13.1 Å². The van der Waals surface area contributed by atoms with E-state index >= 15 is 0 Å². The molecule has 3 aliphatic rings. The molecule has 0 radical (unpaired) electrons. The van der Waals surface area contributed by atoms with Crippen molar-refractivity contribution in [1.29, 1.82) is 0 Å². The average molecular weight is 309 g/mol. The molecular formula is C15H19NO4S. The number of hydrogen-bond donors (Lipinski definition) is 1. The number of fused-ring (bicyclic) bond motifs is 3. The first-order valence-corrected chi connectivity index (χ1v) is 9.02. The summed E-state index contributed by atoms with van der Waals surface area (Å²) in [4.78, 5) is 0.259. The number of nitrogens with one attached hydrogen (secondary N) is 1. The van der Waals surface area contributed by atoms with Gasteiger partial charge in [-0.05, 0) is 43.2 Å². The van der Waals surface area contributed by atoms with Crippen molar-refractivity contribution in [2.24, 2.45) is 11.8 Å². The van der Waals surface area contributed by atoms with Crippen LogP contribution < -0.4 is 14.2 Å². The molecule has 0 aromatic heterocycles. The van der Waals surface area contributed by atoms with E-state index in [1.165, 1.54) is 12.8 Å². The number of ether oxygens (including phenoxy) is 2. The Morgan fingerprint density at radius 1 is 1.05 bits per heavy atom. The molecule has 1 N–H and O–H groups in total. The molecule has 1 aromatic rings. The smallest absolute Gasteiger partial charge is 0.240 e. The van der Waals surface area contributed by atoms with E-state index in [1.54, 1.807) is 18.2 Å². The third-order valence-corrected chi connectivity index (χ3v) is 6.36. The van der Waals surface area contributed by atoms with Crippen molar-refractivity contribution in [3.63, 3.8) is 0 Å². The van der Waals surface area contributed by atoms with Crippen molar-refractivity contribution in [1.82, 2.24) is 4.72 Å². The zero-order valence-corrected chi connectivity index (χ0v) is 12.6. The molecule has 3 atom stereocenters.